The van der Waals surface area contributed by atoms with Crippen LogP contribution in [0.1, 0.15) is 47.5 Å². The Morgan fingerprint density at radius 1 is 1.00 bits per heavy atom. The number of ether oxygens (including phenoxy) is 2. The molecule has 5 unspecified atom stereocenters. The molecule has 5 atom stereocenters. The smallest absolute Gasteiger partial charge is 0.251 e. The second-order valence-electron chi connectivity index (χ2n) is 7.64. The summed E-state index contributed by atoms with van der Waals surface area (Å²) in [5.74, 6) is 0.945. The Morgan fingerprint density at radius 2 is 1.70 bits per heavy atom. The molecule has 2 aromatic carbocycles. The van der Waals surface area contributed by atoms with Gasteiger partial charge in [-0.2, -0.15) is 0 Å². The van der Waals surface area contributed by atoms with Crippen molar-refractivity contribution in [3.05, 3.63) is 71.8 Å². The number of rotatable bonds is 4. The molecule has 0 bridgehead atoms. The highest BCUT2D eigenvalue weighted by Gasteiger charge is 2.42. The van der Waals surface area contributed by atoms with Gasteiger partial charge >= 0.3 is 0 Å². The highest BCUT2D eigenvalue weighted by atomic mass is 16.7. The highest BCUT2D eigenvalue weighted by molar-refractivity contribution is 5.94. The first-order valence-electron chi connectivity index (χ1n) is 9.83. The standard InChI is InChI=1S/C23H27NO3/c1-26-23-20(24-22(25)17-10-6-3-7-11-17)14-19-13-12-18(15-21(19)27-23)16-8-4-2-5-9-16/h2-11,18-21,23H,12-15H2,1H3,(H,24,25). The first kappa shape index (κ1) is 18.2. The van der Waals surface area contributed by atoms with Crippen LogP contribution in [0.15, 0.2) is 60.7 Å². The summed E-state index contributed by atoms with van der Waals surface area (Å²) in [5.41, 5.74) is 2.07. The Labute approximate surface area is 160 Å². The van der Waals surface area contributed by atoms with Gasteiger partial charge in [0, 0.05) is 12.7 Å². The van der Waals surface area contributed by atoms with Gasteiger partial charge in [0.25, 0.3) is 5.91 Å². The third kappa shape index (κ3) is 4.07. The average molecular weight is 365 g/mol. The van der Waals surface area contributed by atoms with Crippen molar-refractivity contribution in [2.45, 2.75) is 50.0 Å². The predicted octanol–water partition coefficient (Wildman–Crippen LogP) is 4.13. The van der Waals surface area contributed by atoms with Gasteiger partial charge in [0.05, 0.1) is 12.1 Å². The van der Waals surface area contributed by atoms with E-state index >= 15 is 0 Å². The molecule has 4 heteroatoms. The molecule has 2 aromatic rings. The van der Waals surface area contributed by atoms with Gasteiger partial charge in [0.15, 0.2) is 6.29 Å². The minimum absolute atomic E-state index is 0.0670. The molecule has 1 saturated heterocycles. The molecular formula is C23H27NO3. The van der Waals surface area contributed by atoms with Crippen LogP contribution >= 0.6 is 0 Å². The molecule has 0 radical (unpaired) electrons. The number of fused-ring (bicyclic) bond motifs is 1. The van der Waals surface area contributed by atoms with Gasteiger partial charge < -0.3 is 14.8 Å². The number of carbonyl (C=O) groups excluding carboxylic acids is 1. The van der Waals surface area contributed by atoms with E-state index in [1.54, 1.807) is 7.11 Å². The molecule has 2 aliphatic rings. The molecule has 1 aliphatic heterocycles. The van der Waals surface area contributed by atoms with Gasteiger partial charge in [-0.15, -0.1) is 0 Å². The van der Waals surface area contributed by atoms with E-state index < -0.39 is 6.29 Å². The maximum atomic E-state index is 12.5. The van der Waals surface area contributed by atoms with Gasteiger partial charge in [-0.25, -0.2) is 0 Å². The van der Waals surface area contributed by atoms with Crippen molar-refractivity contribution in [1.82, 2.24) is 5.32 Å². The second kappa shape index (κ2) is 8.24. The number of carbonyl (C=O) groups is 1. The lowest BCUT2D eigenvalue weighted by Gasteiger charge is -2.45. The summed E-state index contributed by atoms with van der Waals surface area (Å²) in [6.07, 6.45) is 4.02. The van der Waals surface area contributed by atoms with Crippen LogP contribution in [-0.2, 0) is 9.47 Å². The summed E-state index contributed by atoms with van der Waals surface area (Å²) < 4.78 is 11.9. The van der Waals surface area contributed by atoms with Crippen molar-refractivity contribution in [3.63, 3.8) is 0 Å². The van der Waals surface area contributed by atoms with E-state index in [0.717, 1.165) is 19.3 Å². The number of amides is 1. The predicted molar refractivity (Wildman–Crippen MR) is 105 cm³/mol. The highest BCUT2D eigenvalue weighted by Crippen LogP contribution is 2.42. The largest absolute Gasteiger partial charge is 0.354 e. The Hall–Kier alpha value is -2.17. The van der Waals surface area contributed by atoms with Crippen molar-refractivity contribution in [2.24, 2.45) is 5.92 Å². The van der Waals surface area contributed by atoms with E-state index in [1.165, 1.54) is 12.0 Å². The van der Waals surface area contributed by atoms with Crippen LogP contribution in [0.25, 0.3) is 0 Å². The Balaban J connectivity index is 1.42. The van der Waals surface area contributed by atoms with E-state index in [4.69, 9.17) is 9.47 Å². The molecule has 2 fully saturated rings. The summed E-state index contributed by atoms with van der Waals surface area (Å²) in [4.78, 5) is 12.5. The van der Waals surface area contributed by atoms with E-state index in [9.17, 15) is 4.79 Å². The van der Waals surface area contributed by atoms with Crippen molar-refractivity contribution in [1.29, 1.82) is 0 Å². The fourth-order valence-corrected chi connectivity index (χ4v) is 4.55. The third-order valence-corrected chi connectivity index (χ3v) is 5.98. The quantitative estimate of drug-likeness (QED) is 0.886. The summed E-state index contributed by atoms with van der Waals surface area (Å²) in [6.45, 7) is 0. The monoisotopic (exact) mass is 365 g/mol. The number of hydrogen-bond acceptors (Lipinski definition) is 3. The summed E-state index contributed by atoms with van der Waals surface area (Å²) >= 11 is 0. The third-order valence-electron chi connectivity index (χ3n) is 5.98. The van der Waals surface area contributed by atoms with Crippen LogP contribution in [0, 0.1) is 5.92 Å². The minimum atomic E-state index is -0.395. The van der Waals surface area contributed by atoms with Crippen molar-refractivity contribution < 1.29 is 14.3 Å². The maximum Gasteiger partial charge on any atom is 0.251 e. The van der Waals surface area contributed by atoms with Crippen LogP contribution in [-0.4, -0.2) is 31.5 Å². The maximum absolute atomic E-state index is 12.5. The fraction of sp³-hybridized carbons (Fsp3) is 0.435. The van der Waals surface area contributed by atoms with Crippen LogP contribution < -0.4 is 5.32 Å². The molecule has 4 nitrogen and oxygen atoms in total. The molecule has 0 spiro atoms. The molecule has 1 heterocycles. The van der Waals surface area contributed by atoms with E-state index in [2.05, 4.69) is 35.6 Å². The lowest BCUT2D eigenvalue weighted by molar-refractivity contribution is -0.218. The van der Waals surface area contributed by atoms with E-state index in [-0.39, 0.29) is 18.1 Å². The number of nitrogens with one attached hydrogen (secondary N) is 1. The molecule has 1 saturated carbocycles. The average Bonchev–Trinajstić information content (AvgIpc) is 2.74. The summed E-state index contributed by atoms with van der Waals surface area (Å²) in [5, 5.41) is 3.12. The van der Waals surface area contributed by atoms with E-state index in [1.807, 2.05) is 30.3 Å². The fourth-order valence-electron chi connectivity index (χ4n) is 4.55. The minimum Gasteiger partial charge on any atom is -0.354 e. The van der Waals surface area contributed by atoms with Crippen LogP contribution in [0.2, 0.25) is 0 Å². The zero-order chi connectivity index (χ0) is 18.6. The van der Waals surface area contributed by atoms with E-state index in [0.29, 0.717) is 17.4 Å². The molecule has 27 heavy (non-hydrogen) atoms. The normalized spacial score (nSPS) is 30.3. The van der Waals surface area contributed by atoms with Crippen LogP contribution in [0.4, 0.5) is 0 Å². The number of hydrogen-bond donors (Lipinski definition) is 1. The first-order chi connectivity index (χ1) is 13.2. The Morgan fingerprint density at radius 3 is 2.41 bits per heavy atom. The molecule has 4 rings (SSSR count). The van der Waals surface area contributed by atoms with Gasteiger partial charge in [-0.05, 0) is 55.2 Å². The number of benzene rings is 2. The SMILES string of the molecule is COC1OC2CC(c3ccccc3)CCC2CC1NC(=O)c1ccccc1. The first-order valence-corrected chi connectivity index (χ1v) is 9.83. The van der Waals surface area contributed by atoms with Gasteiger partial charge in [-0.1, -0.05) is 48.5 Å². The second-order valence-corrected chi connectivity index (χ2v) is 7.64. The topological polar surface area (TPSA) is 47.6 Å². The lowest BCUT2D eigenvalue weighted by atomic mass is 9.73. The number of methoxy groups -OCH3 is 1. The van der Waals surface area contributed by atoms with Crippen molar-refractivity contribution in [3.8, 4) is 0 Å². The van der Waals surface area contributed by atoms with Crippen molar-refractivity contribution in [2.75, 3.05) is 7.11 Å². The molecule has 1 aliphatic carbocycles. The van der Waals surface area contributed by atoms with Gasteiger partial charge in [0.1, 0.15) is 0 Å². The van der Waals surface area contributed by atoms with Crippen molar-refractivity contribution >= 4 is 5.91 Å². The molecular weight excluding hydrogens is 338 g/mol. The Bertz CT molecular complexity index is 749. The molecule has 142 valence electrons. The zero-order valence-electron chi connectivity index (χ0n) is 15.7. The van der Waals surface area contributed by atoms with Crippen LogP contribution in [0.5, 0.6) is 0 Å². The van der Waals surface area contributed by atoms with Gasteiger partial charge in [-0.3, -0.25) is 4.79 Å². The molecule has 0 aromatic heterocycles. The summed E-state index contributed by atoms with van der Waals surface area (Å²) in [7, 11) is 1.66. The molecule has 1 N–H and O–H groups in total. The Kier molecular flexibility index (Phi) is 5.55. The van der Waals surface area contributed by atoms with Gasteiger partial charge in [0.2, 0.25) is 0 Å². The van der Waals surface area contributed by atoms with Crippen LogP contribution in [0.3, 0.4) is 0 Å². The molecule has 1 amide bonds. The lowest BCUT2D eigenvalue weighted by Crippen LogP contribution is -2.54. The summed E-state index contributed by atoms with van der Waals surface area (Å²) in [6, 6.07) is 19.9. The zero-order valence-corrected chi connectivity index (χ0v) is 15.7.